The van der Waals surface area contributed by atoms with Crippen molar-refractivity contribution in [1.29, 1.82) is 0 Å². The summed E-state index contributed by atoms with van der Waals surface area (Å²) in [4.78, 5) is 28.1. The van der Waals surface area contributed by atoms with E-state index in [-0.39, 0.29) is 36.2 Å². The van der Waals surface area contributed by atoms with Gasteiger partial charge in [-0.1, -0.05) is 0 Å². The lowest BCUT2D eigenvalue weighted by Gasteiger charge is -2.35. The van der Waals surface area contributed by atoms with Crippen LogP contribution in [0.3, 0.4) is 0 Å². The van der Waals surface area contributed by atoms with Crippen molar-refractivity contribution in [1.82, 2.24) is 9.80 Å². The number of likely N-dealkylation sites (tertiary alicyclic amines) is 2. The molecule has 1 amide bonds. The molecule has 2 fully saturated rings. The Morgan fingerprint density at radius 2 is 1.91 bits per heavy atom. The maximum atomic E-state index is 12.4. The second-order valence-corrected chi connectivity index (χ2v) is 6.07. The Morgan fingerprint density at radius 3 is 2.59 bits per heavy atom. The minimum atomic E-state index is -0.171. The summed E-state index contributed by atoms with van der Waals surface area (Å²) in [5.74, 6) is -0.223. The van der Waals surface area contributed by atoms with Crippen molar-refractivity contribution in [3.8, 4) is 0 Å². The van der Waals surface area contributed by atoms with Crippen molar-refractivity contribution in [2.45, 2.75) is 38.6 Å². The lowest BCUT2D eigenvalue weighted by atomic mass is 9.98. The Balaban J connectivity index is 0.00000242. The molecule has 0 aliphatic carbocycles. The zero-order valence-electron chi connectivity index (χ0n) is 13.3. The fraction of sp³-hybridized carbons (Fsp3) is 0.867. The van der Waals surface area contributed by atoms with Crippen molar-refractivity contribution in [3.63, 3.8) is 0 Å². The maximum Gasteiger partial charge on any atom is 0.310 e. The number of nitrogens with zero attached hydrogens (tertiary/aromatic N) is 2. The number of nitrogens with two attached hydrogens (primary N) is 1. The molecule has 0 aromatic rings. The molecule has 6 nitrogen and oxygen atoms in total. The van der Waals surface area contributed by atoms with Gasteiger partial charge in [-0.25, -0.2) is 0 Å². The topological polar surface area (TPSA) is 75.9 Å². The molecule has 2 aliphatic rings. The van der Waals surface area contributed by atoms with Gasteiger partial charge in [-0.2, -0.15) is 0 Å². The molecule has 2 unspecified atom stereocenters. The summed E-state index contributed by atoms with van der Waals surface area (Å²) >= 11 is 0. The Morgan fingerprint density at radius 1 is 1.18 bits per heavy atom. The van der Waals surface area contributed by atoms with Gasteiger partial charge in [0.1, 0.15) is 0 Å². The van der Waals surface area contributed by atoms with Gasteiger partial charge in [0.15, 0.2) is 0 Å². The van der Waals surface area contributed by atoms with Crippen LogP contribution in [0, 0.1) is 5.92 Å². The summed E-state index contributed by atoms with van der Waals surface area (Å²) < 4.78 is 5.07. The minimum absolute atomic E-state index is 0. The summed E-state index contributed by atoms with van der Waals surface area (Å²) in [6, 6.07) is 0.181. The Hall–Kier alpha value is -0.850. The van der Waals surface area contributed by atoms with Crippen molar-refractivity contribution in [2.75, 3.05) is 39.3 Å². The van der Waals surface area contributed by atoms with Gasteiger partial charge in [-0.15, -0.1) is 12.4 Å². The number of ether oxygens (including phenoxy) is 1. The van der Waals surface area contributed by atoms with Crippen LogP contribution < -0.4 is 5.73 Å². The molecule has 22 heavy (non-hydrogen) atoms. The van der Waals surface area contributed by atoms with E-state index >= 15 is 0 Å². The summed E-state index contributed by atoms with van der Waals surface area (Å²) in [5.41, 5.74) is 5.95. The molecule has 2 heterocycles. The molecule has 2 N–H and O–H groups in total. The first-order chi connectivity index (χ1) is 10.1. The lowest BCUT2D eigenvalue weighted by molar-refractivity contribution is -0.151. The van der Waals surface area contributed by atoms with Crippen LogP contribution in [0.4, 0.5) is 0 Å². The highest BCUT2D eigenvalue weighted by Gasteiger charge is 2.30. The largest absolute Gasteiger partial charge is 0.466 e. The summed E-state index contributed by atoms with van der Waals surface area (Å²) in [5, 5.41) is 0. The molecule has 2 rings (SSSR count). The highest BCUT2D eigenvalue weighted by atomic mass is 35.5. The number of esters is 1. The molecule has 2 aliphatic heterocycles. The zero-order chi connectivity index (χ0) is 15.2. The van der Waals surface area contributed by atoms with Crippen LogP contribution in [0.15, 0.2) is 0 Å². The zero-order valence-corrected chi connectivity index (χ0v) is 14.1. The Labute approximate surface area is 138 Å². The second kappa shape index (κ2) is 9.33. The van der Waals surface area contributed by atoms with Crippen LogP contribution in [-0.2, 0) is 14.3 Å². The number of amides is 1. The quantitative estimate of drug-likeness (QED) is 0.764. The predicted octanol–water partition coefficient (Wildman–Crippen LogP) is 0.633. The smallest absolute Gasteiger partial charge is 0.310 e. The van der Waals surface area contributed by atoms with E-state index in [2.05, 4.69) is 4.90 Å². The van der Waals surface area contributed by atoms with Crippen LogP contribution in [-0.4, -0.2) is 67.0 Å². The van der Waals surface area contributed by atoms with Gasteiger partial charge in [0, 0.05) is 25.7 Å². The van der Waals surface area contributed by atoms with Gasteiger partial charge < -0.3 is 15.4 Å². The van der Waals surface area contributed by atoms with E-state index in [0.717, 1.165) is 45.3 Å². The van der Waals surface area contributed by atoms with Crippen molar-refractivity contribution < 1.29 is 14.3 Å². The fourth-order valence-electron chi connectivity index (χ4n) is 3.18. The van der Waals surface area contributed by atoms with E-state index in [4.69, 9.17) is 10.5 Å². The molecule has 0 spiro atoms. The summed E-state index contributed by atoms with van der Waals surface area (Å²) in [6.45, 7) is 5.60. The highest BCUT2D eigenvalue weighted by molar-refractivity contribution is 5.85. The molecule has 0 saturated carbocycles. The Bertz CT molecular complexity index is 381. The first-order valence-corrected chi connectivity index (χ1v) is 8.02. The number of rotatable bonds is 4. The third kappa shape index (κ3) is 5.41. The molecule has 128 valence electrons. The molecular formula is C15H28ClN3O3. The van der Waals surface area contributed by atoms with Crippen LogP contribution >= 0.6 is 12.4 Å². The number of hydrogen-bond acceptors (Lipinski definition) is 5. The van der Waals surface area contributed by atoms with E-state index in [1.807, 2.05) is 11.8 Å². The SMILES string of the molecule is CCOC(=O)C1CCCN(C(=O)CN2CCCC(N)C2)C1.Cl. The summed E-state index contributed by atoms with van der Waals surface area (Å²) in [6.07, 6.45) is 3.78. The van der Waals surface area contributed by atoms with Gasteiger partial charge >= 0.3 is 5.97 Å². The molecule has 0 aromatic carbocycles. The van der Waals surface area contributed by atoms with Crippen molar-refractivity contribution in [3.05, 3.63) is 0 Å². The molecular weight excluding hydrogens is 306 g/mol. The number of halogens is 1. The minimum Gasteiger partial charge on any atom is -0.466 e. The highest BCUT2D eigenvalue weighted by Crippen LogP contribution is 2.18. The molecule has 0 aromatic heterocycles. The van der Waals surface area contributed by atoms with E-state index < -0.39 is 0 Å². The third-order valence-corrected chi connectivity index (χ3v) is 4.29. The molecule has 0 bridgehead atoms. The van der Waals surface area contributed by atoms with Gasteiger partial charge in [0.05, 0.1) is 19.1 Å². The first kappa shape index (κ1) is 19.2. The monoisotopic (exact) mass is 333 g/mol. The summed E-state index contributed by atoms with van der Waals surface area (Å²) in [7, 11) is 0. The predicted molar refractivity (Wildman–Crippen MR) is 86.8 cm³/mol. The van der Waals surface area contributed by atoms with Gasteiger partial charge in [-0.05, 0) is 39.2 Å². The molecule has 0 radical (unpaired) electrons. The van der Waals surface area contributed by atoms with Crippen LogP contribution in [0.1, 0.15) is 32.6 Å². The first-order valence-electron chi connectivity index (χ1n) is 8.02. The lowest BCUT2D eigenvalue weighted by Crippen LogP contribution is -2.50. The normalized spacial score (nSPS) is 26.2. The van der Waals surface area contributed by atoms with E-state index in [1.54, 1.807) is 0 Å². The molecule has 2 saturated heterocycles. The van der Waals surface area contributed by atoms with Gasteiger partial charge in [0.25, 0.3) is 0 Å². The molecule has 7 heteroatoms. The number of carbonyl (C=O) groups is 2. The van der Waals surface area contributed by atoms with Crippen LogP contribution in [0.25, 0.3) is 0 Å². The average molecular weight is 334 g/mol. The van der Waals surface area contributed by atoms with E-state index in [9.17, 15) is 9.59 Å². The van der Waals surface area contributed by atoms with Crippen LogP contribution in [0.2, 0.25) is 0 Å². The number of piperidine rings is 2. The Kier molecular flexibility index (Phi) is 8.14. The van der Waals surface area contributed by atoms with E-state index in [0.29, 0.717) is 19.7 Å². The van der Waals surface area contributed by atoms with Crippen molar-refractivity contribution >= 4 is 24.3 Å². The number of carbonyl (C=O) groups excluding carboxylic acids is 2. The second-order valence-electron chi connectivity index (χ2n) is 6.07. The standard InChI is InChI=1S/C15H27N3O3.ClH/c1-2-21-15(20)12-5-3-8-18(9-12)14(19)11-17-7-4-6-13(16)10-17;/h12-13H,2-11,16H2,1H3;1H. The average Bonchev–Trinajstić information content (AvgIpc) is 2.47. The van der Waals surface area contributed by atoms with Crippen molar-refractivity contribution in [2.24, 2.45) is 11.7 Å². The fourth-order valence-corrected chi connectivity index (χ4v) is 3.18. The maximum absolute atomic E-state index is 12.4. The molecule has 2 atom stereocenters. The number of hydrogen-bond donors (Lipinski definition) is 1. The van der Waals surface area contributed by atoms with Crippen LogP contribution in [0.5, 0.6) is 0 Å². The van der Waals surface area contributed by atoms with Gasteiger partial charge in [0.2, 0.25) is 5.91 Å². The van der Waals surface area contributed by atoms with E-state index in [1.165, 1.54) is 0 Å². The third-order valence-electron chi connectivity index (χ3n) is 4.29. The van der Waals surface area contributed by atoms with Gasteiger partial charge in [-0.3, -0.25) is 14.5 Å².